The molecule has 0 bridgehead atoms. The van der Waals surface area contributed by atoms with Crippen molar-refractivity contribution in [1.82, 2.24) is 4.98 Å². The Morgan fingerprint density at radius 2 is 1.74 bits per heavy atom. The lowest BCUT2D eigenvalue weighted by molar-refractivity contribution is -0.132. The normalized spacial score (nSPS) is 17.3. The number of ether oxygens (including phenoxy) is 1. The van der Waals surface area contributed by atoms with Crippen molar-refractivity contribution in [3.8, 4) is 0 Å². The lowest BCUT2D eigenvalue weighted by atomic mass is 9.93. The number of carbonyl (C=O) groups is 3. The maximum Gasteiger partial charge on any atom is 0.350 e. The summed E-state index contributed by atoms with van der Waals surface area (Å²) >= 11 is 6.94. The molecular formula is C26H23ClN2O5S. The van der Waals surface area contributed by atoms with Crippen LogP contribution in [0.3, 0.4) is 0 Å². The number of ketones is 1. The fraction of sp³-hybridized carbons (Fsp3) is 0.231. The van der Waals surface area contributed by atoms with Crippen LogP contribution in [0.5, 0.6) is 0 Å². The van der Waals surface area contributed by atoms with Crippen molar-refractivity contribution in [3.05, 3.63) is 86.4 Å². The molecule has 0 spiro atoms. The van der Waals surface area contributed by atoms with E-state index in [0.29, 0.717) is 21.8 Å². The first-order valence-corrected chi connectivity index (χ1v) is 12.1. The van der Waals surface area contributed by atoms with Gasteiger partial charge < -0.3 is 9.84 Å². The number of esters is 1. The monoisotopic (exact) mass is 510 g/mol. The lowest BCUT2D eigenvalue weighted by Gasteiger charge is -2.23. The predicted octanol–water partition coefficient (Wildman–Crippen LogP) is 5.64. The summed E-state index contributed by atoms with van der Waals surface area (Å²) in [6.45, 7) is 5.76. The van der Waals surface area contributed by atoms with Gasteiger partial charge in [0.05, 0.1) is 24.4 Å². The summed E-state index contributed by atoms with van der Waals surface area (Å²) in [6.07, 6.45) is 0. The molecule has 2 aromatic carbocycles. The van der Waals surface area contributed by atoms with Gasteiger partial charge in [-0.2, -0.15) is 0 Å². The van der Waals surface area contributed by atoms with Gasteiger partial charge in [-0.1, -0.05) is 61.1 Å². The Balaban J connectivity index is 1.92. The van der Waals surface area contributed by atoms with Crippen molar-refractivity contribution in [2.24, 2.45) is 0 Å². The van der Waals surface area contributed by atoms with E-state index in [1.54, 1.807) is 31.2 Å². The molecule has 1 amide bonds. The fourth-order valence-electron chi connectivity index (χ4n) is 3.94. The lowest BCUT2D eigenvalue weighted by Crippen LogP contribution is -2.29. The highest BCUT2D eigenvalue weighted by atomic mass is 35.5. The first-order valence-electron chi connectivity index (χ1n) is 10.9. The van der Waals surface area contributed by atoms with E-state index >= 15 is 0 Å². The third-order valence-electron chi connectivity index (χ3n) is 5.84. The van der Waals surface area contributed by atoms with Crippen molar-refractivity contribution < 1.29 is 24.2 Å². The molecule has 35 heavy (non-hydrogen) atoms. The molecule has 1 aliphatic rings. The molecule has 1 aromatic heterocycles. The van der Waals surface area contributed by atoms with Gasteiger partial charge in [0.1, 0.15) is 10.6 Å². The number of rotatable bonds is 5. The summed E-state index contributed by atoms with van der Waals surface area (Å²) in [5, 5.41) is 11.8. The molecule has 0 radical (unpaired) electrons. The SMILES string of the molecule is COC(=O)c1sc(N2C(=O)C(=O)C(=C(O)c3ccc(Cl)cc3)[C@H]2c2ccc(C(C)C)cc2)nc1C. The zero-order valence-corrected chi connectivity index (χ0v) is 21.1. The first-order chi connectivity index (χ1) is 16.6. The molecule has 7 nitrogen and oxygen atoms in total. The van der Waals surface area contributed by atoms with Crippen LogP contribution in [0.4, 0.5) is 5.13 Å². The number of carbonyl (C=O) groups excluding carboxylic acids is 3. The van der Waals surface area contributed by atoms with Crippen LogP contribution < -0.4 is 4.90 Å². The van der Waals surface area contributed by atoms with Crippen LogP contribution in [0, 0.1) is 6.92 Å². The molecule has 1 saturated heterocycles. The molecule has 1 N–H and O–H groups in total. The molecular weight excluding hydrogens is 488 g/mol. The van der Waals surface area contributed by atoms with Gasteiger partial charge in [-0.05, 0) is 48.2 Å². The minimum Gasteiger partial charge on any atom is -0.507 e. The Morgan fingerprint density at radius 1 is 1.11 bits per heavy atom. The van der Waals surface area contributed by atoms with Crippen molar-refractivity contribution in [2.75, 3.05) is 12.0 Å². The van der Waals surface area contributed by atoms with Crippen LogP contribution >= 0.6 is 22.9 Å². The number of aliphatic hydroxyl groups excluding tert-OH is 1. The fourth-order valence-corrected chi connectivity index (χ4v) is 5.08. The summed E-state index contributed by atoms with van der Waals surface area (Å²) in [5.74, 6) is -2.30. The van der Waals surface area contributed by atoms with Gasteiger partial charge in [-0.15, -0.1) is 0 Å². The molecule has 1 aliphatic heterocycles. The van der Waals surface area contributed by atoms with Gasteiger partial charge in [0.15, 0.2) is 5.13 Å². The molecule has 180 valence electrons. The Morgan fingerprint density at radius 3 is 2.31 bits per heavy atom. The van der Waals surface area contributed by atoms with Crippen LogP contribution in [-0.2, 0) is 14.3 Å². The van der Waals surface area contributed by atoms with Crippen molar-refractivity contribution in [2.45, 2.75) is 32.7 Å². The summed E-state index contributed by atoms with van der Waals surface area (Å²) in [6, 6.07) is 12.9. The van der Waals surface area contributed by atoms with Gasteiger partial charge >= 0.3 is 11.9 Å². The number of aryl methyl sites for hydroxylation is 1. The van der Waals surface area contributed by atoms with Crippen LogP contribution in [0.2, 0.25) is 5.02 Å². The second-order valence-electron chi connectivity index (χ2n) is 8.40. The number of thiazole rings is 1. The molecule has 9 heteroatoms. The van der Waals surface area contributed by atoms with Crippen LogP contribution in [0.25, 0.3) is 5.76 Å². The zero-order chi connectivity index (χ0) is 25.4. The van der Waals surface area contributed by atoms with E-state index in [9.17, 15) is 19.5 Å². The van der Waals surface area contributed by atoms with E-state index in [1.807, 2.05) is 24.3 Å². The summed E-state index contributed by atoms with van der Waals surface area (Å²) in [4.78, 5) is 44.6. The first kappa shape index (κ1) is 24.6. The smallest absolute Gasteiger partial charge is 0.350 e. The highest BCUT2D eigenvalue weighted by molar-refractivity contribution is 7.17. The Hall–Kier alpha value is -3.49. The van der Waals surface area contributed by atoms with Gasteiger partial charge in [0, 0.05) is 10.6 Å². The largest absolute Gasteiger partial charge is 0.507 e. The van der Waals surface area contributed by atoms with Crippen LogP contribution in [0.1, 0.15) is 57.9 Å². The topological polar surface area (TPSA) is 96.8 Å². The maximum absolute atomic E-state index is 13.3. The van der Waals surface area contributed by atoms with Gasteiger partial charge in [0.25, 0.3) is 5.78 Å². The number of nitrogens with zero attached hydrogens (tertiary/aromatic N) is 2. The quantitative estimate of drug-likeness (QED) is 0.206. The average Bonchev–Trinajstić information content (AvgIpc) is 3.35. The summed E-state index contributed by atoms with van der Waals surface area (Å²) in [7, 11) is 1.26. The van der Waals surface area contributed by atoms with E-state index in [-0.39, 0.29) is 27.3 Å². The Bertz CT molecular complexity index is 1340. The third-order valence-corrected chi connectivity index (χ3v) is 7.23. The molecule has 3 aromatic rings. The Kier molecular flexibility index (Phi) is 6.78. The molecule has 1 atom stereocenters. The van der Waals surface area contributed by atoms with Gasteiger partial charge in [-0.3, -0.25) is 14.5 Å². The Labute approximate surface area is 211 Å². The number of aliphatic hydroxyl groups is 1. The summed E-state index contributed by atoms with van der Waals surface area (Å²) < 4.78 is 4.82. The molecule has 2 heterocycles. The number of Topliss-reactive ketones (excluding diaryl/α,β-unsaturated/α-hetero) is 1. The minimum absolute atomic E-state index is 0.0675. The number of amides is 1. The minimum atomic E-state index is -0.942. The number of hydrogen-bond acceptors (Lipinski definition) is 7. The van der Waals surface area contributed by atoms with Crippen molar-refractivity contribution in [1.29, 1.82) is 0 Å². The number of hydrogen-bond donors (Lipinski definition) is 1. The number of aromatic nitrogens is 1. The molecule has 1 fully saturated rings. The van der Waals surface area contributed by atoms with Crippen LogP contribution in [-0.4, -0.2) is 34.9 Å². The molecule has 0 saturated carbocycles. The zero-order valence-electron chi connectivity index (χ0n) is 19.5. The molecule has 4 rings (SSSR count). The highest BCUT2D eigenvalue weighted by Gasteiger charge is 2.48. The van der Waals surface area contributed by atoms with Gasteiger partial charge in [-0.25, -0.2) is 9.78 Å². The maximum atomic E-state index is 13.3. The second kappa shape index (κ2) is 9.64. The van der Waals surface area contributed by atoms with Gasteiger partial charge in [0.2, 0.25) is 0 Å². The van der Waals surface area contributed by atoms with E-state index in [1.165, 1.54) is 12.0 Å². The number of anilines is 1. The van der Waals surface area contributed by atoms with Crippen LogP contribution in [0.15, 0.2) is 54.1 Å². The summed E-state index contributed by atoms with van der Waals surface area (Å²) in [5.41, 5.74) is 2.37. The van der Waals surface area contributed by atoms with E-state index in [2.05, 4.69) is 18.8 Å². The van der Waals surface area contributed by atoms with E-state index < -0.39 is 23.7 Å². The third kappa shape index (κ3) is 4.47. The highest BCUT2D eigenvalue weighted by Crippen LogP contribution is 2.44. The van der Waals surface area contributed by atoms with Crippen molar-refractivity contribution >= 4 is 51.5 Å². The number of halogens is 1. The number of benzene rings is 2. The van der Waals surface area contributed by atoms with Crippen molar-refractivity contribution in [3.63, 3.8) is 0 Å². The number of methoxy groups -OCH3 is 1. The predicted molar refractivity (Wildman–Crippen MR) is 135 cm³/mol. The second-order valence-corrected chi connectivity index (χ2v) is 9.81. The standard InChI is InChI=1S/C26H23ClN2O5S/c1-13(2)15-5-7-16(8-6-15)20-19(21(30)17-9-11-18(27)12-10-17)22(31)24(32)29(20)26-28-14(3)23(35-26)25(33)34-4/h5-13,20,30H,1-4H3/t20-/m1/s1. The molecule has 0 unspecified atom stereocenters. The van der Waals surface area contributed by atoms with E-state index in [4.69, 9.17) is 16.3 Å². The van der Waals surface area contributed by atoms with E-state index in [0.717, 1.165) is 16.9 Å². The molecule has 0 aliphatic carbocycles. The average molecular weight is 511 g/mol.